The molecule has 138 valence electrons. The first-order valence-electron chi connectivity index (χ1n) is 8.75. The highest BCUT2D eigenvalue weighted by Crippen LogP contribution is 2.21. The van der Waals surface area contributed by atoms with Crippen molar-refractivity contribution in [2.24, 2.45) is 0 Å². The van der Waals surface area contributed by atoms with Crippen LogP contribution < -0.4 is 0 Å². The molecule has 3 rings (SSSR count). The molecule has 26 heavy (non-hydrogen) atoms. The Balaban J connectivity index is 1.64. The molecule has 1 aliphatic rings. The topological polar surface area (TPSA) is 63.0 Å². The maximum Gasteiger partial charge on any atom is 0.337 e. The second-order valence-corrected chi connectivity index (χ2v) is 6.77. The Kier molecular flexibility index (Phi) is 5.42. The van der Waals surface area contributed by atoms with Gasteiger partial charge in [-0.05, 0) is 43.7 Å². The zero-order valence-electron chi connectivity index (χ0n) is 15.3. The van der Waals surface area contributed by atoms with E-state index >= 15 is 0 Å². The van der Waals surface area contributed by atoms with Gasteiger partial charge in [0.25, 0.3) is 5.91 Å². The molecule has 1 fully saturated rings. The molecule has 2 aromatic rings. The van der Waals surface area contributed by atoms with Gasteiger partial charge >= 0.3 is 5.97 Å². The largest absolute Gasteiger partial charge is 0.465 e. The summed E-state index contributed by atoms with van der Waals surface area (Å²) in [6.45, 7) is 6.47. The van der Waals surface area contributed by atoms with E-state index in [9.17, 15) is 9.59 Å². The van der Waals surface area contributed by atoms with E-state index in [1.54, 1.807) is 24.3 Å². The Morgan fingerprint density at radius 1 is 1.12 bits per heavy atom. The highest BCUT2D eigenvalue weighted by atomic mass is 16.5. The molecular formula is C20H24N2O4. The average molecular weight is 356 g/mol. The number of hydrogen-bond donors (Lipinski definition) is 0. The second kappa shape index (κ2) is 7.74. The van der Waals surface area contributed by atoms with Crippen molar-refractivity contribution in [3.63, 3.8) is 0 Å². The van der Waals surface area contributed by atoms with Crippen molar-refractivity contribution < 1.29 is 18.7 Å². The molecule has 6 heteroatoms. The monoisotopic (exact) mass is 356 g/mol. The summed E-state index contributed by atoms with van der Waals surface area (Å²) in [5.74, 6) is -0.00326. The van der Waals surface area contributed by atoms with Gasteiger partial charge in [-0.25, -0.2) is 4.79 Å². The summed E-state index contributed by atoms with van der Waals surface area (Å²) in [6.07, 6.45) is 1.52. The van der Waals surface area contributed by atoms with Crippen LogP contribution in [0.4, 0.5) is 0 Å². The lowest BCUT2D eigenvalue weighted by molar-refractivity contribution is 0.0243. The maximum absolute atomic E-state index is 12.6. The van der Waals surface area contributed by atoms with E-state index < -0.39 is 0 Å². The smallest absolute Gasteiger partial charge is 0.337 e. The fourth-order valence-corrected chi connectivity index (χ4v) is 3.61. The van der Waals surface area contributed by atoms with Crippen molar-refractivity contribution in [2.75, 3.05) is 20.2 Å². The van der Waals surface area contributed by atoms with E-state index in [1.807, 2.05) is 17.0 Å². The summed E-state index contributed by atoms with van der Waals surface area (Å²) < 4.78 is 9.99. The van der Waals surface area contributed by atoms with Crippen molar-refractivity contribution >= 4 is 11.9 Å². The van der Waals surface area contributed by atoms with Gasteiger partial charge in [0.15, 0.2) is 5.76 Å². The standard InChI is InChI=1S/C20H24N2O4/c1-14-11-21(13-16-6-8-17(9-7-16)20(24)25-3)12-15(2)22(14)19(23)18-5-4-10-26-18/h4-10,14-15H,11-13H2,1-3H3/t14-,15-/m1/s1. The molecule has 0 bridgehead atoms. The third-order valence-electron chi connectivity index (χ3n) is 4.74. The van der Waals surface area contributed by atoms with Gasteiger partial charge in [0.05, 0.1) is 18.9 Å². The minimum absolute atomic E-state index is 0.0583. The predicted octanol–water partition coefficient (Wildman–Crippen LogP) is 2.80. The number of methoxy groups -OCH3 is 1. The van der Waals surface area contributed by atoms with Crippen LogP contribution in [0.2, 0.25) is 0 Å². The highest BCUT2D eigenvalue weighted by Gasteiger charge is 2.34. The molecule has 1 aromatic carbocycles. The predicted molar refractivity (Wildman–Crippen MR) is 96.9 cm³/mol. The van der Waals surface area contributed by atoms with Crippen molar-refractivity contribution in [2.45, 2.75) is 32.5 Å². The van der Waals surface area contributed by atoms with Gasteiger partial charge in [-0.15, -0.1) is 0 Å². The summed E-state index contributed by atoms with van der Waals surface area (Å²) in [5.41, 5.74) is 1.68. The quantitative estimate of drug-likeness (QED) is 0.788. The van der Waals surface area contributed by atoms with Gasteiger partial charge in [-0.1, -0.05) is 12.1 Å². The molecule has 0 unspecified atom stereocenters. The van der Waals surface area contributed by atoms with Crippen LogP contribution in [0.1, 0.15) is 40.3 Å². The molecule has 2 atom stereocenters. The van der Waals surface area contributed by atoms with Gasteiger partial charge in [0.2, 0.25) is 0 Å². The van der Waals surface area contributed by atoms with Gasteiger partial charge in [-0.3, -0.25) is 9.69 Å². The molecule has 0 radical (unpaired) electrons. The Morgan fingerprint density at radius 2 is 1.77 bits per heavy atom. The number of carbonyl (C=O) groups is 2. The van der Waals surface area contributed by atoms with Crippen LogP contribution in [0.25, 0.3) is 0 Å². The SMILES string of the molecule is COC(=O)c1ccc(CN2C[C@@H](C)N(C(=O)c3ccco3)[C@H](C)C2)cc1. The van der Waals surface area contributed by atoms with Crippen LogP contribution >= 0.6 is 0 Å². The van der Waals surface area contributed by atoms with Gasteiger partial charge in [0.1, 0.15) is 0 Å². The summed E-state index contributed by atoms with van der Waals surface area (Å²) in [7, 11) is 1.38. The number of amides is 1. The number of ether oxygens (including phenoxy) is 1. The molecule has 1 amide bonds. The molecule has 2 heterocycles. The number of carbonyl (C=O) groups excluding carboxylic acids is 2. The van der Waals surface area contributed by atoms with E-state index in [-0.39, 0.29) is 24.0 Å². The number of furan rings is 1. The number of hydrogen-bond acceptors (Lipinski definition) is 5. The summed E-state index contributed by atoms with van der Waals surface area (Å²) in [6, 6.07) is 11.1. The fraction of sp³-hybridized carbons (Fsp3) is 0.400. The lowest BCUT2D eigenvalue weighted by Gasteiger charge is -2.44. The second-order valence-electron chi connectivity index (χ2n) is 6.77. The lowest BCUT2D eigenvalue weighted by atomic mass is 10.1. The number of benzene rings is 1. The van der Waals surface area contributed by atoms with E-state index in [2.05, 4.69) is 18.7 Å². The molecule has 0 aliphatic carbocycles. The Labute approximate surface area is 153 Å². The third-order valence-corrected chi connectivity index (χ3v) is 4.74. The van der Waals surface area contributed by atoms with E-state index in [4.69, 9.17) is 9.15 Å². The number of nitrogens with zero attached hydrogens (tertiary/aromatic N) is 2. The molecule has 0 N–H and O–H groups in total. The highest BCUT2D eigenvalue weighted by molar-refractivity contribution is 5.92. The lowest BCUT2D eigenvalue weighted by Crippen LogP contribution is -2.58. The zero-order valence-corrected chi connectivity index (χ0v) is 15.3. The van der Waals surface area contributed by atoms with Crippen LogP contribution in [0.15, 0.2) is 47.1 Å². The Hall–Kier alpha value is -2.60. The van der Waals surface area contributed by atoms with Crippen molar-refractivity contribution in [1.82, 2.24) is 9.80 Å². The molecule has 1 aromatic heterocycles. The van der Waals surface area contributed by atoms with Crippen LogP contribution in [-0.2, 0) is 11.3 Å². The first kappa shape index (κ1) is 18.2. The van der Waals surface area contributed by atoms with Gasteiger partial charge < -0.3 is 14.1 Å². The third kappa shape index (κ3) is 3.80. The Morgan fingerprint density at radius 3 is 2.31 bits per heavy atom. The van der Waals surface area contributed by atoms with Crippen molar-refractivity contribution in [3.8, 4) is 0 Å². The normalized spacial score (nSPS) is 20.8. The van der Waals surface area contributed by atoms with Crippen LogP contribution in [0, 0.1) is 0 Å². The summed E-state index contributed by atoms with van der Waals surface area (Å²) >= 11 is 0. The minimum Gasteiger partial charge on any atom is -0.465 e. The number of esters is 1. The maximum atomic E-state index is 12.6. The number of piperazine rings is 1. The van der Waals surface area contributed by atoms with Crippen molar-refractivity contribution in [1.29, 1.82) is 0 Å². The number of rotatable bonds is 4. The summed E-state index contributed by atoms with van der Waals surface area (Å²) in [5, 5.41) is 0. The first-order valence-corrected chi connectivity index (χ1v) is 8.75. The zero-order chi connectivity index (χ0) is 18.7. The van der Waals surface area contributed by atoms with Crippen LogP contribution in [0.3, 0.4) is 0 Å². The Bertz CT molecular complexity index is 743. The van der Waals surface area contributed by atoms with Crippen LogP contribution in [-0.4, -0.2) is 54.0 Å². The molecule has 1 aliphatic heterocycles. The molecule has 0 spiro atoms. The molecule has 1 saturated heterocycles. The minimum atomic E-state index is -0.330. The molecular weight excluding hydrogens is 332 g/mol. The molecule has 6 nitrogen and oxygen atoms in total. The van der Waals surface area contributed by atoms with E-state index in [0.29, 0.717) is 11.3 Å². The van der Waals surface area contributed by atoms with Crippen molar-refractivity contribution in [3.05, 3.63) is 59.5 Å². The molecule has 0 saturated carbocycles. The average Bonchev–Trinajstić information content (AvgIpc) is 3.15. The van der Waals surface area contributed by atoms with E-state index in [0.717, 1.165) is 25.2 Å². The van der Waals surface area contributed by atoms with E-state index in [1.165, 1.54) is 13.4 Å². The van der Waals surface area contributed by atoms with Gasteiger partial charge in [-0.2, -0.15) is 0 Å². The first-order chi connectivity index (χ1) is 12.5. The fourth-order valence-electron chi connectivity index (χ4n) is 3.61. The van der Waals surface area contributed by atoms with Gasteiger partial charge in [0, 0.05) is 31.7 Å². The van der Waals surface area contributed by atoms with Crippen LogP contribution in [0.5, 0.6) is 0 Å². The summed E-state index contributed by atoms with van der Waals surface area (Å²) in [4.78, 5) is 28.4.